The summed E-state index contributed by atoms with van der Waals surface area (Å²) in [6, 6.07) is 0. The molecule has 5 heteroatoms. The molecular formula is C14H19N5. The van der Waals surface area contributed by atoms with Gasteiger partial charge in [-0.15, -0.1) is 0 Å². The Kier molecular flexibility index (Phi) is 2.97. The molecule has 1 atom stereocenters. The van der Waals surface area contributed by atoms with Crippen LogP contribution in [0.2, 0.25) is 0 Å². The second-order valence-electron chi connectivity index (χ2n) is 5.30. The molecule has 0 N–H and O–H groups in total. The van der Waals surface area contributed by atoms with Gasteiger partial charge < -0.3 is 4.90 Å². The minimum Gasteiger partial charge on any atom is -0.354 e. The van der Waals surface area contributed by atoms with Gasteiger partial charge in [0.15, 0.2) is 0 Å². The van der Waals surface area contributed by atoms with Crippen LogP contribution in [0.25, 0.3) is 0 Å². The van der Waals surface area contributed by atoms with Gasteiger partial charge in [-0.1, -0.05) is 0 Å². The summed E-state index contributed by atoms with van der Waals surface area (Å²) in [5.41, 5.74) is 3.31. The monoisotopic (exact) mass is 257 g/mol. The molecule has 0 amide bonds. The molecule has 19 heavy (non-hydrogen) atoms. The third kappa shape index (κ3) is 2.32. The van der Waals surface area contributed by atoms with Crippen molar-refractivity contribution in [1.82, 2.24) is 19.7 Å². The number of hydrogen-bond donors (Lipinski definition) is 0. The first-order valence-electron chi connectivity index (χ1n) is 6.67. The van der Waals surface area contributed by atoms with Crippen LogP contribution in [0, 0.1) is 13.8 Å². The van der Waals surface area contributed by atoms with Gasteiger partial charge in [0.1, 0.15) is 5.82 Å². The first-order valence-corrected chi connectivity index (χ1v) is 6.67. The predicted octanol–water partition coefficient (Wildman–Crippen LogP) is 1.82. The topological polar surface area (TPSA) is 46.8 Å². The summed E-state index contributed by atoms with van der Waals surface area (Å²) >= 11 is 0. The number of aryl methyl sites for hydroxylation is 3. The first kappa shape index (κ1) is 12.1. The Morgan fingerprint density at radius 1 is 1.26 bits per heavy atom. The summed E-state index contributed by atoms with van der Waals surface area (Å²) in [5.74, 6) is 1.59. The highest BCUT2D eigenvalue weighted by Crippen LogP contribution is 2.30. The highest BCUT2D eigenvalue weighted by Gasteiger charge is 2.26. The third-order valence-electron chi connectivity index (χ3n) is 3.73. The third-order valence-corrected chi connectivity index (χ3v) is 3.73. The van der Waals surface area contributed by atoms with Crippen molar-refractivity contribution in [3.8, 4) is 0 Å². The normalized spacial score (nSPS) is 19.1. The molecule has 3 heterocycles. The second kappa shape index (κ2) is 4.64. The molecule has 3 rings (SSSR count). The van der Waals surface area contributed by atoms with E-state index in [0.717, 1.165) is 36.7 Å². The van der Waals surface area contributed by atoms with Gasteiger partial charge in [-0.05, 0) is 25.8 Å². The van der Waals surface area contributed by atoms with Crippen LogP contribution in [0.3, 0.4) is 0 Å². The molecule has 5 nitrogen and oxygen atoms in total. The Morgan fingerprint density at radius 3 is 2.84 bits per heavy atom. The fourth-order valence-corrected chi connectivity index (χ4v) is 2.70. The summed E-state index contributed by atoms with van der Waals surface area (Å²) in [6.45, 7) is 6.06. The Hall–Kier alpha value is -1.91. The molecule has 0 aliphatic carbocycles. The van der Waals surface area contributed by atoms with Crippen molar-refractivity contribution in [2.45, 2.75) is 26.2 Å². The molecule has 2 aromatic heterocycles. The molecule has 1 fully saturated rings. The van der Waals surface area contributed by atoms with Gasteiger partial charge in [-0.3, -0.25) is 9.67 Å². The zero-order valence-corrected chi connectivity index (χ0v) is 11.7. The molecule has 1 saturated heterocycles. The molecule has 100 valence electrons. The van der Waals surface area contributed by atoms with Crippen molar-refractivity contribution in [2.24, 2.45) is 7.05 Å². The molecule has 1 aliphatic heterocycles. The summed E-state index contributed by atoms with van der Waals surface area (Å²) < 4.78 is 1.87. The summed E-state index contributed by atoms with van der Waals surface area (Å²) in [6.07, 6.45) is 7.07. The Labute approximate surface area is 113 Å². The maximum Gasteiger partial charge on any atom is 0.150 e. The molecule has 2 aromatic rings. The highest BCUT2D eigenvalue weighted by molar-refractivity contribution is 5.45. The van der Waals surface area contributed by atoms with Crippen LogP contribution in [-0.4, -0.2) is 32.8 Å². The van der Waals surface area contributed by atoms with Crippen LogP contribution in [0.4, 0.5) is 5.82 Å². The lowest BCUT2D eigenvalue weighted by molar-refractivity contribution is 0.754. The van der Waals surface area contributed by atoms with E-state index in [2.05, 4.69) is 26.2 Å². The number of aromatic nitrogens is 4. The molecule has 1 aliphatic rings. The lowest BCUT2D eigenvalue weighted by Crippen LogP contribution is -2.22. The number of rotatable bonds is 2. The zero-order chi connectivity index (χ0) is 13.4. The molecular weight excluding hydrogens is 238 g/mol. The van der Waals surface area contributed by atoms with E-state index in [1.54, 1.807) is 0 Å². The van der Waals surface area contributed by atoms with Gasteiger partial charge in [0, 0.05) is 38.4 Å². The van der Waals surface area contributed by atoms with Crippen molar-refractivity contribution in [3.63, 3.8) is 0 Å². The van der Waals surface area contributed by atoms with Crippen molar-refractivity contribution in [1.29, 1.82) is 0 Å². The van der Waals surface area contributed by atoms with Gasteiger partial charge in [-0.2, -0.15) is 5.10 Å². The Morgan fingerprint density at radius 2 is 2.11 bits per heavy atom. The maximum atomic E-state index is 4.63. The van der Waals surface area contributed by atoms with Crippen molar-refractivity contribution in [2.75, 3.05) is 18.0 Å². The standard InChI is InChI=1S/C14H19N5/c1-10-6-15-11(2)14(17-10)19-5-4-12(9-19)13-7-16-18(3)8-13/h6-8,12H,4-5,9H2,1-3H3. The van der Waals surface area contributed by atoms with E-state index in [1.807, 2.05) is 38.0 Å². The highest BCUT2D eigenvalue weighted by atomic mass is 15.2. The molecule has 0 spiro atoms. The average molecular weight is 257 g/mol. The second-order valence-corrected chi connectivity index (χ2v) is 5.30. The molecule has 0 saturated carbocycles. The van der Waals surface area contributed by atoms with Crippen molar-refractivity contribution < 1.29 is 0 Å². The van der Waals surface area contributed by atoms with Gasteiger partial charge in [0.05, 0.1) is 17.6 Å². The summed E-state index contributed by atoms with van der Waals surface area (Å²) in [7, 11) is 1.96. The number of anilines is 1. The summed E-state index contributed by atoms with van der Waals surface area (Å²) in [5, 5.41) is 4.26. The number of hydrogen-bond acceptors (Lipinski definition) is 4. The van der Waals surface area contributed by atoms with E-state index in [-0.39, 0.29) is 0 Å². The van der Waals surface area contributed by atoms with Gasteiger partial charge in [0.2, 0.25) is 0 Å². The van der Waals surface area contributed by atoms with Crippen LogP contribution in [0.1, 0.15) is 29.3 Å². The van der Waals surface area contributed by atoms with E-state index in [9.17, 15) is 0 Å². The smallest absolute Gasteiger partial charge is 0.150 e. The zero-order valence-electron chi connectivity index (χ0n) is 11.7. The van der Waals surface area contributed by atoms with Gasteiger partial charge >= 0.3 is 0 Å². The lowest BCUT2D eigenvalue weighted by atomic mass is 10.0. The van der Waals surface area contributed by atoms with Crippen molar-refractivity contribution >= 4 is 5.82 Å². The molecule has 0 radical (unpaired) electrons. The van der Waals surface area contributed by atoms with Crippen LogP contribution in [0.15, 0.2) is 18.6 Å². The molecule has 0 aromatic carbocycles. The van der Waals surface area contributed by atoms with E-state index in [1.165, 1.54) is 5.56 Å². The minimum absolute atomic E-state index is 0.551. The van der Waals surface area contributed by atoms with E-state index < -0.39 is 0 Å². The fourth-order valence-electron chi connectivity index (χ4n) is 2.70. The van der Waals surface area contributed by atoms with E-state index in [0.29, 0.717) is 5.92 Å². The largest absolute Gasteiger partial charge is 0.354 e. The van der Waals surface area contributed by atoms with Crippen molar-refractivity contribution in [3.05, 3.63) is 35.5 Å². The number of nitrogens with zero attached hydrogens (tertiary/aromatic N) is 5. The average Bonchev–Trinajstić information content (AvgIpc) is 3.00. The van der Waals surface area contributed by atoms with Gasteiger partial charge in [0.25, 0.3) is 0 Å². The minimum atomic E-state index is 0.551. The van der Waals surface area contributed by atoms with E-state index >= 15 is 0 Å². The lowest BCUT2D eigenvalue weighted by Gasteiger charge is -2.19. The quantitative estimate of drug-likeness (QED) is 0.823. The molecule has 1 unspecified atom stereocenters. The first-order chi connectivity index (χ1) is 9.13. The van der Waals surface area contributed by atoms with Crippen LogP contribution >= 0.6 is 0 Å². The fraction of sp³-hybridized carbons (Fsp3) is 0.500. The van der Waals surface area contributed by atoms with Crippen LogP contribution in [0.5, 0.6) is 0 Å². The summed E-state index contributed by atoms with van der Waals surface area (Å²) in [4.78, 5) is 11.4. The SMILES string of the molecule is Cc1cnc(C)c(N2CCC(c3cnn(C)c3)C2)n1. The van der Waals surface area contributed by atoms with Crippen LogP contribution < -0.4 is 4.90 Å². The van der Waals surface area contributed by atoms with E-state index in [4.69, 9.17) is 0 Å². The Balaban J connectivity index is 1.80. The Bertz CT molecular complexity index is 589. The molecule has 0 bridgehead atoms. The maximum absolute atomic E-state index is 4.63. The van der Waals surface area contributed by atoms with Crippen LogP contribution in [-0.2, 0) is 7.05 Å². The predicted molar refractivity (Wildman–Crippen MR) is 74.3 cm³/mol. The van der Waals surface area contributed by atoms with Gasteiger partial charge in [-0.25, -0.2) is 4.98 Å².